The topological polar surface area (TPSA) is 66.4 Å². The van der Waals surface area contributed by atoms with Crippen LogP contribution in [-0.2, 0) is 6.54 Å². The van der Waals surface area contributed by atoms with Gasteiger partial charge in [0.1, 0.15) is 5.69 Å². The molecule has 0 bridgehead atoms. The molecule has 6 nitrogen and oxygen atoms in total. The number of nitriles is 1. The van der Waals surface area contributed by atoms with Crippen molar-refractivity contribution < 1.29 is 4.79 Å². The number of fused-ring (bicyclic) bond motifs is 1. The molecule has 1 aromatic heterocycles. The maximum Gasteiger partial charge on any atom is 0.270 e. The third kappa shape index (κ3) is 6.96. The number of piperazine rings is 1. The molecule has 210 valence electrons. The first-order chi connectivity index (χ1) is 18.0. The third-order valence-electron chi connectivity index (χ3n) is 8.37. The Morgan fingerprint density at radius 2 is 1.59 bits per heavy atom. The number of carbonyl (C=O) groups excluding carboxylic acids is 1. The van der Waals surface area contributed by atoms with Crippen LogP contribution in [0.1, 0.15) is 64.3 Å². The van der Waals surface area contributed by atoms with Gasteiger partial charge >= 0.3 is 0 Å². The molecule has 5 rings (SSSR count). The summed E-state index contributed by atoms with van der Waals surface area (Å²) in [5.41, 5.74) is 7.30. The highest BCUT2D eigenvalue weighted by atomic mass is 35.5. The lowest BCUT2D eigenvalue weighted by Crippen LogP contribution is -2.49. The van der Waals surface area contributed by atoms with Gasteiger partial charge in [0.25, 0.3) is 5.91 Å². The van der Waals surface area contributed by atoms with E-state index < -0.39 is 0 Å². The minimum atomic E-state index is 0. The average Bonchev–Trinajstić information content (AvgIpc) is 3.28. The molecular formula is C31H41Cl2N5O. The zero-order valence-electron chi connectivity index (χ0n) is 23.1. The summed E-state index contributed by atoms with van der Waals surface area (Å²) in [5, 5.41) is 9.96. The van der Waals surface area contributed by atoms with Gasteiger partial charge in [0.15, 0.2) is 0 Å². The summed E-state index contributed by atoms with van der Waals surface area (Å²) in [6.45, 7) is 11.5. The monoisotopic (exact) mass is 569 g/mol. The predicted octanol–water partition coefficient (Wildman–Crippen LogP) is 6.07. The lowest BCUT2D eigenvalue weighted by molar-refractivity contribution is 0.0629. The Bertz CT molecular complexity index is 1260. The maximum atomic E-state index is 13.7. The highest BCUT2D eigenvalue weighted by Gasteiger charge is 2.28. The molecular weight excluding hydrogens is 529 g/mol. The minimum absolute atomic E-state index is 0. The predicted molar refractivity (Wildman–Crippen MR) is 163 cm³/mol. The van der Waals surface area contributed by atoms with Crippen molar-refractivity contribution in [3.63, 3.8) is 0 Å². The molecule has 0 spiro atoms. The number of para-hydroxylation sites is 1. The summed E-state index contributed by atoms with van der Waals surface area (Å²) in [6, 6.07) is 17.2. The van der Waals surface area contributed by atoms with E-state index >= 15 is 0 Å². The van der Waals surface area contributed by atoms with Crippen LogP contribution < -0.4 is 0 Å². The lowest BCUT2D eigenvalue weighted by Gasteiger charge is -2.35. The number of unbranched alkanes of at least 4 members (excludes halogenated alkanes) is 1. The minimum Gasteiger partial charge on any atom is -0.350 e. The van der Waals surface area contributed by atoms with Crippen molar-refractivity contribution in [3.05, 3.63) is 70.4 Å². The Hall–Kier alpha value is -2.56. The molecule has 0 atom stereocenters. The SMILES string of the molecule is Cc1cccc(C)c1C1CCN(Cc2c(C(=O)N3CCN(CCCC#N)CC3)[nH]c3ccccc23)CC1.Cl.Cl. The fourth-order valence-corrected chi connectivity index (χ4v) is 6.34. The number of carbonyl (C=O) groups is 1. The summed E-state index contributed by atoms with van der Waals surface area (Å²) in [5.74, 6) is 0.735. The molecule has 1 N–H and O–H groups in total. The van der Waals surface area contributed by atoms with Gasteiger partial charge < -0.3 is 9.88 Å². The number of aromatic nitrogens is 1. The number of benzene rings is 2. The van der Waals surface area contributed by atoms with Gasteiger partial charge in [0.2, 0.25) is 0 Å². The van der Waals surface area contributed by atoms with Gasteiger partial charge in [-0.3, -0.25) is 14.6 Å². The van der Waals surface area contributed by atoms with Crippen molar-refractivity contribution >= 4 is 41.6 Å². The van der Waals surface area contributed by atoms with Gasteiger partial charge in [-0.25, -0.2) is 0 Å². The second kappa shape index (κ2) is 14.2. The van der Waals surface area contributed by atoms with Crippen molar-refractivity contribution in [2.75, 3.05) is 45.8 Å². The Kier molecular flexibility index (Phi) is 11.3. The molecule has 8 heteroatoms. The molecule has 0 radical (unpaired) electrons. The van der Waals surface area contributed by atoms with E-state index in [9.17, 15) is 4.79 Å². The molecule has 0 aliphatic carbocycles. The number of H-pyrrole nitrogens is 1. The van der Waals surface area contributed by atoms with Crippen molar-refractivity contribution in [1.82, 2.24) is 19.7 Å². The number of likely N-dealkylation sites (tertiary alicyclic amines) is 1. The number of aromatic amines is 1. The quantitative estimate of drug-likeness (QED) is 0.351. The zero-order valence-corrected chi connectivity index (χ0v) is 24.8. The molecule has 2 saturated heterocycles. The normalized spacial score (nSPS) is 16.9. The average molecular weight is 571 g/mol. The number of aryl methyl sites for hydroxylation is 2. The number of halogens is 2. The van der Waals surface area contributed by atoms with Gasteiger partial charge in [0.05, 0.1) is 6.07 Å². The van der Waals surface area contributed by atoms with Crippen molar-refractivity contribution in [3.8, 4) is 6.07 Å². The van der Waals surface area contributed by atoms with E-state index in [1.807, 2.05) is 11.0 Å². The summed E-state index contributed by atoms with van der Waals surface area (Å²) >= 11 is 0. The molecule has 2 fully saturated rings. The van der Waals surface area contributed by atoms with Crippen LogP contribution in [0.2, 0.25) is 0 Å². The first-order valence-electron chi connectivity index (χ1n) is 13.8. The molecule has 1 amide bonds. The van der Waals surface area contributed by atoms with E-state index in [1.54, 1.807) is 0 Å². The standard InChI is InChI=1S/C31H39N5O.2ClH/c1-23-8-7-9-24(2)29(23)25-12-16-35(17-13-25)22-27-26-10-3-4-11-28(26)33-30(27)31(37)36-20-18-34(19-21-36)15-6-5-14-32;;/h3-4,7-11,25,33H,5-6,12-13,15-22H2,1-2H3;2*1H. The number of hydrogen-bond donors (Lipinski definition) is 1. The Morgan fingerprint density at radius 3 is 2.26 bits per heavy atom. The molecule has 2 aliphatic heterocycles. The Labute approximate surface area is 245 Å². The molecule has 2 aromatic carbocycles. The first-order valence-corrected chi connectivity index (χ1v) is 13.8. The van der Waals surface area contributed by atoms with E-state index in [2.05, 4.69) is 71.1 Å². The highest BCUT2D eigenvalue weighted by Crippen LogP contribution is 2.34. The zero-order chi connectivity index (χ0) is 25.8. The van der Waals surface area contributed by atoms with Crippen LogP contribution in [0, 0.1) is 25.2 Å². The Morgan fingerprint density at radius 1 is 0.923 bits per heavy atom. The second-order valence-electron chi connectivity index (χ2n) is 10.8. The summed E-state index contributed by atoms with van der Waals surface area (Å²) < 4.78 is 0. The van der Waals surface area contributed by atoms with Crippen LogP contribution in [0.15, 0.2) is 42.5 Å². The third-order valence-corrected chi connectivity index (χ3v) is 8.37. The number of hydrogen-bond acceptors (Lipinski definition) is 4. The lowest BCUT2D eigenvalue weighted by atomic mass is 9.84. The van der Waals surface area contributed by atoms with Crippen LogP contribution in [-0.4, -0.2) is 71.4 Å². The highest BCUT2D eigenvalue weighted by molar-refractivity contribution is 6.01. The van der Waals surface area contributed by atoms with E-state index in [-0.39, 0.29) is 30.7 Å². The van der Waals surface area contributed by atoms with E-state index in [1.165, 1.54) is 16.7 Å². The van der Waals surface area contributed by atoms with Crippen LogP contribution in [0.4, 0.5) is 0 Å². The fourth-order valence-electron chi connectivity index (χ4n) is 6.34. The molecule has 2 aliphatic rings. The van der Waals surface area contributed by atoms with E-state index in [0.717, 1.165) is 93.8 Å². The van der Waals surface area contributed by atoms with Gasteiger partial charge in [0, 0.05) is 55.6 Å². The van der Waals surface area contributed by atoms with Crippen LogP contribution in [0.25, 0.3) is 10.9 Å². The van der Waals surface area contributed by atoms with Gasteiger partial charge in [-0.2, -0.15) is 5.26 Å². The largest absolute Gasteiger partial charge is 0.350 e. The van der Waals surface area contributed by atoms with Crippen LogP contribution in [0.5, 0.6) is 0 Å². The van der Waals surface area contributed by atoms with E-state index in [4.69, 9.17) is 5.26 Å². The summed E-state index contributed by atoms with van der Waals surface area (Å²) in [7, 11) is 0. The van der Waals surface area contributed by atoms with Crippen molar-refractivity contribution in [2.24, 2.45) is 0 Å². The molecule has 3 heterocycles. The van der Waals surface area contributed by atoms with Crippen molar-refractivity contribution in [1.29, 1.82) is 5.26 Å². The molecule has 0 unspecified atom stereocenters. The number of rotatable bonds is 7. The van der Waals surface area contributed by atoms with Crippen LogP contribution >= 0.6 is 24.8 Å². The molecule has 39 heavy (non-hydrogen) atoms. The number of amides is 1. The van der Waals surface area contributed by atoms with Gasteiger partial charge in [-0.1, -0.05) is 36.4 Å². The van der Waals surface area contributed by atoms with E-state index in [0.29, 0.717) is 12.3 Å². The summed E-state index contributed by atoms with van der Waals surface area (Å²) in [4.78, 5) is 24.1. The first kappa shape index (κ1) is 31.0. The molecule has 0 saturated carbocycles. The second-order valence-corrected chi connectivity index (χ2v) is 10.8. The number of nitrogens with one attached hydrogen (secondary N) is 1. The smallest absolute Gasteiger partial charge is 0.270 e. The number of nitrogens with zero attached hydrogens (tertiary/aromatic N) is 4. The van der Waals surface area contributed by atoms with Gasteiger partial charge in [-0.15, -0.1) is 24.8 Å². The van der Waals surface area contributed by atoms with Crippen LogP contribution in [0.3, 0.4) is 0 Å². The molecule has 3 aromatic rings. The number of piperidine rings is 1. The summed E-state index contributed by atoms with van der Waals surface area (Å²) in [6.07, 6.45) is 3.81. The van der Waals surface area contributed by atoms with Crippen molar-refractivity contribution in [2.45, 2.75) is 52.0 Å². The Balaban J connectivity index is 0.00000210. The fraction of sp³-hybridized carbons (Fsp3) is 0.484. The van der Waals surface area contributed by atoms with Gasteiger partial charge in [-0.05, 0) is 81.4 Å². The maximum absolute atomic E-state index is 13.7.